The van der Waals surface area contributed by atoms with E-state index in [0.717, 1.165) is 16.6 Å². The van der Waals surface area contributed by atoms with Crippen LogP contribution in [0.5, 0.6) is 0 Å². The molecule has 3 nitrogen and oxygen atoms in total. The van der Waals surface area contributed by atoms with Crippen molar-refractivity contribution in [3.05, 3.63) is 57.0 Å². The molecule has 2 N–H and O–H groups in total. The molecule has 0 aliphatic carbocycles. The lowest BCUT2D eigenvalue weighted by Gasteiger charge is -2.03. The predicted octanol–water partition coefficient (Wildman–Crippen LogP) is 4.51. The van der Waals surface area contributed by atoms with Crippen molar-refractivity contribution in [2.45, 2.75) is 6.42 Å². The fourth-order valence-electron chi connectivity index (χ4n) is 2.10. The summed E-state index contributed by atoms with van der Waals surface area (Å²) in [6.45, 7) is 0.587. The van der Waals surface area contributed by atoms with Gasteiger partial charge < -0.3 is 10.3 Å². The summed E-state index contributed by atoms with van der Waals surface area (Å²) in [4.78, 5) is 15.1. The van der Waals surface area contributed by atoms with Crippen LogP contribution in [0.4, 0.5) is 0 Å². The molecule has 0 bridgehead atoms. The largest absolute Gasteiger partial charge is 0.350 e. The highest BCUT2D eigenvalue weighted by Crippen LogP contribution is 2.38. The lowest BCUT2D eigenvalue weighted by Crippen LogP contribution is -2.25. The zero-order valence-electron chi connectivity index (χ0n) is 11.0. The molecule has 1 aromatic carbocycles. The van der Waals surface area contributed by atoms with E-state index in [-0.39, 0.29) is 5.91 Å². The molecule has 0 spiro atoms. The van der Waals surface area contributed by atoms with Crippen LogP contribution < -0.4 is 5.32 Å². The van der Waals surface area contributed by atoms with Crippen molar-refractivity contribution in [3.63, 3.8) is 0 Å². The number of nitrogens with one attached hydrogen (secondary N) is 2. The van der Waals surface area contributed by atoms with Crippen LogP contribution in [0.15, 0.2) is 36.4 Å². The van der Waals surface area contributed by atoms with Crippen molar-refractivity contribution < 1.29 is 4.79 Å². The molecule has 3 rings (SSSR count). The third-order valence-electron chi connectivity index (χ3n) is 3.16. The average molecular weight is 339 g/mol. The fraction of sp³-hybridized carbons (Fsp3) is 0.133. The molecule has 0 saturated carbocycles. The Labute approximate surface area is 135 Å². The van der Waals surface area contributed by atoms with Gasteiger partial charge in [0, 0.05) is 6.54 Å². The minimum absolute atomic E-state index is 0.137. The molecular formula is C15H12Cl2N2OS. The number of hydrogen-bond donors (Lipinski definition) is 2. The summed E-state index contributed by atoms with van der Waals surface area (Å²) in [5, 5.41) is 3.36. The highest BCUT2D eigenvalue weighted by Gasteiger charge is 2.15. The van der Waals surface area contributed by atoms with E-state index >= 15 is 0 Å². The number of amides is 1. The van der Waals surface area contributed by atoms with E-state index in [1.807, 2.05) is 30.3 Å². The molecule has 0 aliphatic rings. The Kier molecular flexibility index (Phi) is 4.19. The van der Waals surface area contributed by atoms with Crippen LogP contribution in [0, 0.1) is 0 Å². The van der Waals surface area contributed by atoms with Gasteiger partial charge in [0.2, 0.25) is 0 Å². The second kappa shape index (κ2) is 6.10. The maximum Gasteiger partial charge on any atom is 0.267 e. The Balaban J connectivity index is 1.64. The monoisotopic (exact) mass is 338 g/mol. The van der Waals surface area contributed by atoms with E-state index in [4.69, 9.17) is 23.2 Å². The molecule has 2 aromatic heterocycles. The standard InChI is InChI=1S/C15H12Cl2N2OS/c16-12-13-11(21-14(12)17)8-10(19-13)15(20)18-7-6-9-4-2-1-3-5-9/h1-5,8,19H,6-7H2,(H,18,20). The summed E-state index contributed by atoms with van der Waals surface area (Å²) >= 11 is 13.4. The minimum Gasteiger partial charge on any atom is -0.350 e. The van der Waals surface area contributed by atoms with E-state index < -0.39 is 0 Å². The van der Waals surface area contributed by atoms with Crippen LogP contribution in [-0.4, -0.2) is 17.4 Å². The molecule has 0 saturated heterocycles. The van der Waals surface area contributed by atoms with Gasteiger partial charge in [-0.3, -0.25) is 4.79 Å². The van der Waals surface area contributed by atoms with Gasteiger partial charge in [-0.05, 0) is 18.1 Å². The first-order valence-electron chi connectivity index (χ1n) is 6.44. The maximum atomic E-state index is 12.1. The van der Waals surface area contributed by atoms with E-state index in [1.165, 1.54) is 16.9 Å². The van der Waals surface area contributed by atoms with Crippen molar-refractivity contribution in [1.29, 1.82) is 0 Å². The number of carbonyl (C=O) groups excluding carboxylic acids is 1. The number of aromatic amines is 1. The number of benzene rings is 1. The smallest absolute Gasteiger partial charge is 0.267 e. The van der Waals surface area contributed by atoms with Gasteiger partial charge in [0.15, 0.2) is 0 Å². The number of fused-ring (bicyclic) bond motifs is 1. The van der Waals surface area contributed by atoms with Crippen LogP contribution in [0.3, 0.4) is 0 Å². The fourth-order valence-corrected chi connectivity index (χ4v) is 3.58. The van der Waals surface area contributed by atoms with Gasteiger partial charge >= 0.3 is 0 Å². The quantitative estimate of drug-likeness (QED) is 0.722. The molecule has 0 radical (unpaired) electrons. The maximum absolute atomic E-state index is 12.1. The summed E-state index contributed by atoms with van der Waals surface area (Å²) in [7, 11) is 0. The van der Waals surface area contributed by atoms with Gasteiger partial charge in [-0.15, -0.1) is 11.3 Å². The summed E-state index contributed by atoms with van der Waals surface area (Å²) in [6, 6.07) is 11.8. The Bertz CT molecular complexity index is 780. The molecule has 0 unspecified atom stereocenters. The third kappa shape index (κ3) is 3.07. The molecule has 0 atom stereocenters. The molecular weight excluding hydrogens is 327 g/mol. The number of hydrogen-bond acceptors (Lipinski definition) is 2. The predicted molar refractivity (Wildman–Crippen MR) is 88.7 cm³/mol. The molecule has 2 heterocycles. The Morgan fingerprint density at radius 2 is 2.00 bits per heavy atom. The van der Waals surface area contributed by atoms with E-state index in [0.29, 0.717) is 21.6 Å². The zero-order chi connectivity index (χ0) is 14.8. The lowest BCUT2D eigenvalue weighted by atomic mass is 10.1. The van der Waals surface area contributed by atoms with Gasteiger partial charge in [-0.2, -0.15) is 0 Å². The van der Waals surface area contributed by atoms with Crippen LogP contribution in [-0.2, 0) is 6.42 Å². The third-order valence-corrected chi connectivity index (χ3v) is 5.09. The van der Waals surface area contributed by atoms with Gasteiger partial charge in [0.25, 0.3) is 5.91 Å². The number of carbonyl (C=O) groups is 1. The summed E-state index contributed by atoms with van der Waals surface area (Å²) in [6.07, 6.45) is 0.800. The van der Waals surface area contributed by atoms with E-state index in [9.17, 15) is 4.79 Å². The normalized spacial score (nSPS) is 11.0. The van der Waals surface area contributed by atoms with Crippen LogP contribution in [0.2, 0.25) is 9.36 Å². The van der Waals surface area contributed by atoms with E-state index in [1.54, 1.807) is 6.07 Å². The first kappa shape index (κ1) is 14.4. The highest BCUT2D eigenvalue weighted by molar-refractivity contribution is 7.23. The Morgan fingerprint density at radius 3 is 2.71 bits per heavy atom. The lowest BCUT2D eigenvalue weighted by molar-refractivity contribution is 0.0950. The number of rotatable bonds is 4. The van der Waals surface area contributed by atoms with Gasteiger partial charge in [0.05, 0.1) is 15.2 Å². The molecule has 108 valence electrons. The SMILES string of the molecule is O=C(NCCc1ccccc1)c1cc2sc(Cl)c(Cl)c2[nH]1. The van der Waals surface area contributed by atoms with Gasteiger partial charge in [0.1, 0.15) is 10.0 Å². The van der Waals surface area contributed by atoms with Crippen LogP contribution in [0.25, 0.3) is 10.2 Å². The van der Waals surface area contributed by atoms with Crippen molar-refractivity contribution in [3.8, 4) is 0 Å². The molecule has 1 amide bonds. The number of H-pyrrole nitrogens is 1. The van der Waals surface area contributed by atoms with Crippen molar-refractivity contribution in [2.24, 2.45) is 0 Å². The van der Waals surface area contributed by atoms with Crippen LogP contribution in [0.1, 0.15) is 16.1 Å². The highest BCUT2D eigenvalue weighted by atomic mass is 35.5. The molecule has 6 heteroatoms. The van der Waals surface area contributed by atoms with Gasteiger partial charge in [-0.25, -0.2) is 0 Å². The number of halogens is 2. The second-order valence-electron chi connectivity index (χ2n) is 4.60. The van der Waals surface area contributed by atoms with Crippen molar-refractivity contribution in [1.82, 2.24) is 10.3 Å². The zero-order valence-corrected chi connectivity index (χ0v) is 13.3. The molecule has 3 aromatic rings. The topological polar surface area (TPSA) is 44.9 Å². The van der Waals surface area contributed by atoms with Crippen molar-refractivity contribution in [2.75, 3.05) is 6.54 Å². The Hall–Kier alpha value is -1.49. The molecule has 21 heavy (non-hydrogen) atoms. The molecule has 0 aliphatic heterocycles. The van der Waals surface area contributed by atoms with Crippen molar-refractivity contribution >= 4 is 50.7 Å². The summed E-state index contributed by atoms with van der Waals surface area (Å²) in [5.41, 5.74) is 2.42. The molecule has 0 fully saturated rings. The first-order valence-corrected chi connectivity index (χ1v) is 8.01. The second-order valence-corrected chi connectivity index (χ2v) is 6.64. The van der Waals surface area contributed by atoms with E-state index in [2.05, 4.69) is 10.3 Å². The van der Waals surface area contributed by atoms with Crippen LogP contribution >= 0.6 is 34.5 Å². The average Bonchev–Trinajstić information content (AvgIpc) is 3.01. The summed E-state index contributed by atoms with van der Waals surface area (Å²) < 4.78 is 1.42. The minimum atomic E-state index is -0.137. The van der Waals surface area contributed by atoms with Gasteiger partial charge in [-0.1, -0.05) is 53.5 Å². The summed E-state index contributed by atoms with van der Waals surface area (Å²) in [5.74, 6) is -0.137. The number of thiophene rings is 1. The Morgan fingerprint density at radius 1 is 1.24 bits per heavy atom. The first-order chi connectivity index (χ1) is 10.1. The number of aromatic nitrogens is 1.